The zero-order chi connectivity index (χ0) is 9.97. The van der Waals surface area contributed by atoms with Gasteiger partial charge in [0.25, 0.3) is 0 Å². The third-order valence-electron chi connectivity index (χ3n) is 2.55. The molecule has 0 radical (unpaired) electrons. The van der Waals surface area contributed by atoms with Crippen LogP contribution in [0.25, 0.3) is 0 Å². The van der Waals surface area contributed by atoms with Gasteiger partial charge in [0.2, 0.25) is 0 Å². The van der Waals surface area contributed by atoms with Crippen LogP contribution in [-0.4, -0.2) is 4.98 Å². The molecule has 1 fully saturated rings. The number of nitrogens with zero attached hydrogens (tertiary/aromatic N) is 2. The van der Waals surface area contributed by atoms with Crippen LogP contribution in [0.15, 0.2) is 18.5 Å². The molecule has 1 aromatic heterocycles. The number of hydrogen-bond donors (Lipinski definition) is 0. The molecule has 72 valence electrons. The van der Waals surface area contributed by atoms with Crippen molar-refractivity contribution < 1.29 is 0 Å². The molecule has 0 spiro atoms. The van der Waals surface area contributed by atoms with E-state index in [4.69, 9.17) is 16.9 Å². The Morgan fingerprint density at radius 2 is 2.36 bits per heavy atom. The van der Waals surface area contributed by atoms with Crippen LogP contribution in [0.3, 0.4) is 0 Å². The Kier molecular flexibility index (Phi) is 2.69. The van der Waals surface area contributed by atoms with E-state index in [1.165, 1.54) is 12.8 Å². The first-order valence-corrected chi connectivity index (χ1v) is 5.17. The second-order valence-electron chi connectivity index (χ2n) is 3.80. The molecule has 14 heavy (non-hydrogen) atoms. The zero-order valence-corrected chi connectivity index (χ0v) is 8.54. The van der Waals surface area contributed by atoms with Gasteiger partial charge in [-0.1, -0.05) is 24.4 Å². The summed E-state index contributed by atoms with van der Waals surface area (Å²) in [5.74, 6) is 0.715. The van der Waals surface area contributed by atoms with Gasteiger partial charge in [-0.3, -0.25) is 4.98 Å². The molecule has 2 rings (SSSR count). The molecule has 1 aliphatic rings. The van der Waals surface area contributed by atoms with E-state index in [9.17, 15) is 0 Å². The van der Waals surface area contributed by atoms with Crippen LogP contribution in [0.5, 0.6) is 0 Å². The van der Waals surface area contributed by atoms with Crippen molar-refractivity contribution in [2.75, 3.05) is 0 Å². The van der Waals surface area contributed by atoms with Crippen LogP contribution in [-0.2, 0) is 0 Å². The molecule has 0 aliphatic heterocycles. The van der Waals surface area contributed by atoms with Crippen LogP contribution in [0.1, 0.15) is 30.7 Å². The first-order valence-electron chi connectivity index (χ1n) is 4.79. The second kappa shape index (κ2) is 3.98. The van der Waals surface area contributed by atoms with E-state index in [-0.39, 0.29) is 5.92 Å². The van der Waals surface area contributed by atoms with Gasteiger partial charge in [0.05, 0.1) is 17.0 Å². The van der Waals surface area contributed by atoms with Gasteiger partial charge in [-0.2, -0.15) is 5.26 Å². The predicted molar refractivity (Wildman–Crippen MR) is 54.9 cm³/mol. The van der Waals surface area contributed by atoms with Crippen LogP contribution in [0.2, 0.25) is 5.02 Å². The molecule has 1 atom stereocenters. The number of nitriles is 1. The highest BCUT2D eigenvalue weighted by molar-refractivity contribution is 6.30. The Bertz CT molecular complexity index is 366. The number of rotatable bonds is 3. The molecule has 0 saturated heterocycles. The molecule has 0 unspecified atom stereocenters. The standard InChI is InChI=1S/C11H11ClN2/c12-11-4-10(6-14-7-11)9(5-13)3-8-1-2-8/h4,6-9H,1-3H2/t9-/m1/s1. The molecular weight excluding hydrogens is 196 g/mol. The minimum atomic E-state index is -0.0336. The lowest BCUT2D eigenvalue weighted by atomic mass is 9.96. The molecule has 1 aromatic rings. The smallest absolute Gasteiger partial charge is 0.0730 e. The number of hydrogen-bond acceptors (Lipinski definition) is 2. The van der Waals surface area contributed by atoms with E-state index in [1.807, 2.05) is 6.07 Å². The summed E-state index contributed by atoms with van der Waals surface area (Å²) in [5, 5.41) is 9.64. The Hall–Kier alpha value is -1.07. The maximum Gasteiger partial charge on any atom is 0.0730 e. The topological polar surface area (TPSA) is 36.7 Å². The van der Waals surface area contributed by atoms with E-state index in [2.05, 4.69) is 11.1 Å². The molecule has 1 aliphatic carbocycles. The van der Waals surface area contributed by atoms with Gasteiger partial charge < -0.3 is 0 Å². The van der Waals surface area contributed by atoms with Crippen molar-refractivity contribution in [3.63, 3.8) is 0 Å². The van der Waals surface area contributed by atoms with Crippen molar-refractivity contribution in [3.8, 4) is 6.07 Å². The Morgan fingerprint density at radius 3 is 2.93 bits per heavy atom. The third-order valence-corrected chi connectivity index (χ3v) is 2.76. The van der Waals surface area contributed by atoms with Gasteiger partial charge in [-0.15, -0.1) is 0 Å². The summed E-state index contributed by atoms with van der Waals surface area (Å²) < 4.78 is 0. The summed E-state index contributed by atoms with van der Waals surface area (Å²) in [6.07, 6.45) is 6.83. The minimum absolute atomic E-state index is 0.0336. The number of pyridine rings is 1. The van der Waals surface area contributed by atoms with Gasteiger partial charge >= 0.3 is 0 Å². The fraction of sp³-hybridized carbons (Fsp3) is 0.455. The van der Waals surface area contributed by atoms with Crippen LogP contribution in [0.4, 0.5) is 0 Å². The van der Waals surface area contributed by atoms with Gasteiger partial charge in [0, 0.05) is 12.4 Å². The van der Waals surface area contributed by atoms with Gasteiger partial charge in [-0.05, 0) is 24.0 Å². The van der Waals surface area contributed by atoms with Crippen molar-refractivity contribution in [1.29, 1.82) is 5.26 Å². The molecular formula is C11H11ClN2. The van der Waals surface area contributed by atoms with Crippen molar-refractivity contribution >= 4 is 11.6 Å². The fourth-order valence-corrected chi connectivity index (χ4v) is 1.75. The van der Waals surface area contributed by atoms with Gasteiger partial charge in [0.15, 0.2) is 0 Å². The SMILES string of the molecule is N#C[C@@H](CC1CC1)c1cncc(Cl)c1. The van der Waals surface area contributed by atoms with Gasteiger partial charge in [0.1, 0.15) is 0 Å². The molecule has 1 saturated carbocycles. The maximum atomic E-state index is 9.03. The first-order chi connectivity index (χ1) is 6.79. The first kappa shape index (κ1) is 9.48. The lowest BCUT2D eigenvalue weighted by Crippen LogP contribution is -1.97. The van der Waals surface area contributed by atoms with E-state index in [1.54, 1.807) is 12.4 Å². The van der Waals surface area contributed by atoms with Crippen molar-refractivity contribution in [3.05, 3.63) is 29.0 Å². The Labute approximate surface area is 88.5 Å². The highest BCUT2D eigenvalue weighted by Gasteiger charge is 2.26. The summed E-state index contributed by atoms with van der Waals surface area (Å²) in [4.78, 5) is 4.00. The lowest BCUT2D eigenvalue weighted by Gasteiger charge is -2.07. The normalized spacial score (nSPS) is 17.4. The van der Waals surface area contributed by atoms with E-state index < -0.39 is 0 Å². The quantitative estimate of drug-likeness (QED) is 0.762. The van der Waals surface area contributed by atoms with Crippen molar-refractivity contribution in [2.45, 2.75) is 25.2 Å². The summed E-state index contributed by atoms with van der Waals surface area (Å²) in [6.45, 7) is 0. The van der Waals surface area contributed by atoms with Crippen molar-refractivity contribution in [1.82, 2.24) is 4.98 Å². The van der Waals surface area contributed by atoms with Crippen molar-refractivity contribution in [2.24, 2.45) is 5.92 Å². The summed E-state index contributed by atoms with van der Waals surface area (Å²) in [7, 11) is 0. The molecule has 0 N–H and O–H groups in total. The third kappa shape index (κ3) is 2.24. The summed E-state index contributed by atoms with van der Waals surface area (Å²) in [5.41, 5.74) is 0.951. The predicted octanol–water partition coefficient (Wildman–Crippen LogP) is 3.14. The van der Waals surface area contributed by atoms with E-state index >= 15 is 0 Å². The van der Waals surface area contributed by atoms with Crippen LogP contribution in [0, 0.1) is 17.2 Å². The van der Waals surface area contributed by atoms with Crippen LogP contribution < -0.4 is 0 Å². The molecule has 1 heterocycles. The van der Waals surface area contributed by atoms with Gasteiger partial charge in [-0.25, -0.2) is 0 Å². The van der Waals surface area contributed by atoms with E-state index in [0.29, 0.717) is 5.02 Å². The molecule has 0 bridgehead atoms. The highest BCUT2D eigenvalue weighted by Crippen LogP contribution is 2.38. The largest absolute Gasteiger partial charge is 0.263 e. The molecule has 3 heteroatoms. The molecule has 0 amide bonds. The Balaban J connectivity index is 2.14. The average molecular weight is 207 g/mol. The zero-order valence-electron chi connectivity index (χ0n) is 7.78. The molecule has 0 aromatic carbocycles. The summed E-state index contributed by atoms with van der Waals surface area (Å²) >= 11 is 5.83. The maximum absolute atomic E-state index is 9.03. The lowest BCUT2D eigenvalue weighted by molar-refractivity contribution is 0.669. The highest BCUT2D eigenvalue weighted by atomic mass is 35.5. The summed E-state index contributed by atoms with van der Waals surface area (Å²) in [6, 6.07) is 4.16. The number of halogens is 1. The fourth-order valence-electron chi connectivity index (χ4n) is 1.57. The monoisotopic (exact) mass is 206 g/mol. The van der Waals surface area contributed by atoms with E-state index in [0.717, 1.165) is 17.9 Å². The number of aromatic nitrogens is 1. The average Bonchev–Trinajstić information content (AvgIpc) is 2.98. The van der Waals surface area contributed by atoms with Crippen LogP contribution >= 0.6 is 11.6 Å². The minimum Gasteiger partial charge on any atom is -0.263 e. The second-order valence-corrected chi connectivity index (χ2v) is 4.23. The Morgan fingerprint density at radius 1 is 1.57 bits per heavy atom. The molecule has 2 nitrogen and oxygen atoms in total.